The first-order chi connectivity index (χ1) is 12.5. The average Bonchev–Trinajstić information content (AvgIpc) is 2.65. The van der Waals surface area contributed by atoms with Gasteiger partial charge < -0.3 is 14.8 Å². The maximum Gasteiger partial charge on any atom is 0.162 e. The third kappa shape index (κ3) is 5.94. The van der Waals surface area contributed by atoms with Gasteiger partial charge in [-0.1, -0.05) is 54.9 Å². The summed E-state index contributed by atoms with van der Waals surface area (Å²) in [5.41, 5.74) is 2.27. The molecule has 0 saturated carbocycles. The average molecular weight is 388 g/mol. The third-order valence-electron chi connectivity index (χ3n) is 3.96. The van der Waals surface area contributed by atoms with E-state index in [-0.39, 0.29) is 12.5 Å². The molecule has 1 N–H and O–H groups in total. The molecule has 0 aliphatic carbocycles. The number of rotatable bonds is 8. The zero-order valence-corrected chi connectivity index (χ0v) is 16.5. The fourth-order valence-corrected chi connectivity index (χ4v) is 2.95. The highest BCUT2D eigenvalue weighted by atomic mass is 35.5. The second-order valence-electron chi connectivity index (χ2n) is 5.91. The molecule has 0 spiro atoms. The molecular weight excluding hydrogens is 366 g/mol. The second-order valence-corrected chi connectivity index (χ2v) is 6.84. The van der Waals surface area contributed by atoms with Crippen LogP contribution in [0.5, 0.6) is 11.5 Å². The molecule has 0 bridgehead atoms. The van der Waals surface area contributed by atoms with Crippen molar-refractivity contribution in [1.29, 1.82) is 0 Å². The van der Waals surface area contributed by atoms with E-state index in [0.29, 0.717) is 18.0 Å². The smallest absolute Gasteiger partial charge is 0.162 e. The Kier molecular flexibility index (Phi) is 7.77. The van der Waals surface area contributed by atoms with Gasteiger partial charge in [-0.3, -0.25) is 0 Å². The van der Waals surface area contributed by atoms with Crippen molar-refractivity contribution >= 4 is 28.8 Å². The first-order valence-corrected chi connectivity index (χ1v) is 9.07. The second kappa shape index (κ2) is 10.1. The van der Waals surface area contributed by atoms with Crippen LogP contribution >= 0.6 is 23.8 Å². The lowest BCUT2D eigenvalue weighted by Gasteiger charge is -2.16. The minimum Gasteiger partial charge on any atom is -0.493 e. The molecule has 0 amide bonds. The summed E-state index contributed by atoms with van der Waals surface area (Å²) in [6.45, 7) is 3.03. The van der Waals surface area contributed by atoms with Gasteiger partial charge >= 0.3 is 0 Å². The maximum atomic E-state index is 5.90. The molecule has 2 rings (SSSR count). The summed E-state index contributed by atoms with van der Waals surface area (Å²) in [4.78, 5) is 0.819. The van der Waals surface area contributed by atoms with Crippen molar-refractivity contribution in [3.8, 4) is 23.8 Å². The van der Waals surface area contributed by atoms with Crippen LogP contribution in [0.15, 0.2) is 42.5 Å². The predicted molar refractivity (Wildman–Crippen MR) is 111 cm³/mol. The molecule has 0 heterocycles. The van der Waals surface area contributed by atoms with Gasteiger partial charge in [-0.05, 0) is 41.3 Å². The number of ether oxygens (including phenoxy) is 2. The minimum atomic E-state index is 0.212. The standard InChI is InChI=1S/C21H22ClNO2S/c1-4-11-25-19-10-7-17(13-20(19)24-3)15(2)12-21(26)23-14-16-5-8-18(22)9-6-16/h1,5-10,13,15H,11-12,14H2,2-3H3,(H,23,26). The van der Waals surface area contributed by atoms with Gasteiger partial charge in [0, 0.05) is 18.0 Å². The fourth-order valence-electron chi connectivity index (χ4n) is 2.50. The number of methoxy groups -OCH3 is 1. The third-order valence-corrected chi connectivity index (χ3v) is 4.53. The number of halogens is 1. The lowest BCUT2D eigenvalue weighted by Crippen LogP contribution is -2.22. The van der Waals surface area contributed by atoms with Crippen molar-refractivity contribution < 1.29 is 9.47 Å². The summed E-state index contributed by atoms with van der Waals surface area (Å²) in [5.74, 6) is 4.01. The lowest BCUT2D eigenvalue weighted by atomic mass is 9.97. The Labute approximate surface area is 165 Å². The number of thiocarbonyl (C=S) groups is 1. The van der Waals surface area contributed by atoms with Crippen LogP contribution in [-0.2, 0) is 6.54 Å². The number of hydrogen-bond acceptors (Lipinski definition) is 3. The van der Waals surface area contributed by atoms with E-state index in [4.69, 9.17) is 39.7 Å². The zero-order valence-electron chi connectivity index (χ0n) is 14.9. The first-order valence-electron chi connectivity index (χ1n) is 8.28. The molecular formula is C21H22ClNO2S. The van der Waals surface area contributed by atoms with Crippen LogP contribution in [0.4, 0.5) is 0 Å². The van der Waals surface area contributed by atoms with Crippen molar-refractivity contribution in [3.63, 3.8) is 0 Å². The highest BCUT2D eigenvalue weighted by molar-refractivity contribution is 7.80. The van der Waals surface area contributed by atoms with Crippen LogP contribution in [-0.4, -0.2) is 18.7 Å². The van der Waals surface area contributed by atoms with Crippen molar-refractivity contribution in [2.75, 3.05) is 13.7 Å². The van der Waals surface area contributed by atoms with Gasteiger partial charge in [0.25, 0.3) is 0 Å². The molecule has 1 unspecified atom stereocenters. The molecule has 0 aliphatic rings. The number of nitrogens with one attached hydrogen (secondary N) is 1. The molecule has 1 atom stereocenters. The fraction of sp³-hybridized carbons (Fsp3) is 0.286. The van der Waals surface area contributed by atoms with Crippen molar-refractivity contribution in [2.24, 2.45) is 0 Å². The van der Waals surface area contributed by atoms with E-state index >= 15 is 0 Å². The van der Waals surface area contributed by atoms with E-state index in [1.807, 2.05) is 42.5 Å². The Bertz CT molecular complexity index is 784. The molecule has 0 saturated heterocycles. The Balaban J connectivity index is 1.93. The molecule has 0 aromatic heterocycles. The van der Waals surface area contributed by atoms with Gasteiger partial charge in [-0.25, -0.2) is 0 Å². The molecule has 2 aromatic carbocycles. The van der Waals surface area contributed by atoms with E-state index in [0.717, 1.165) is 27.6 Å². The molecule has 0 fully saturated rings. The maximum absolute atomic E-state index is 5.90. The van der Waals surface area contributed by atoms with Crippen molar-refractivity contribution in [2.45, 2.75) is 25.8 Å². The van der Waals surface area contributed by atoms with E-state index in [2.05, 4.69) is 18.2 Å². The minimum absolute atomic E-state index is 0.212. The number of benzene rings is 2. The van der Waals surface area contributed by atoms with Crippen LogP contribution < -0.4 is 14.8 Å². The van der Waals surface area contributed by atoms with Gasteiger partial charge in [0.1, 0.15) is 6.61 Å². The van der Waals surface area contributed by atoms with Crippen LogP contribution in [0.25, 0.3) is 0 Å². The number of hydrogen-bond donors (Lipinski definition) is 1. The van der Waals surface area contributed by atoms with E-state index < -0.39 is 0 Å². The van der Waals surface area contributed by atoms with Gasteiger partial charge in [-0.2, -0.15) is 0 Å². The highest BCUT2D eigenvalue weighted by Crippen LogP contribution is 2.32. The Morgan fingerprint density at radius 2 is 1.96 bits per heavy atom. The topological polar surface area (TPSA) is 30.5 Å². The van der Waals surface area contributed by atoms with Gasteiger partial charge in [0.05, 0.1) is 12.1 Å². The predicted octanol–water partition coefficient (Wildman–Crippen LogP) is 4.97. The van der Waals surface area contributed by atoms with Crippen molar-refractivity contribution in [3.05, 3.63) is 58.6 Å². The largest absolute Gasteiger partial charge is 0.493 e. The summed E-state index contributed by atoms with van der Waals surface area (Å²) in [6.07, 6.45) is 5.98. The van der Waals surface area contributed by atoms with Gasteiger partial charge in [-0.15, -0.1) is 6.42 Å². The molecule has 136 valence electrons. The molecule has 5 heteroatoms. The summed E-state index contributed by atoms with van der Waals surface area (Å²) in [5, 5.41) is 4.03. The first kappa shape index (κ1) is 20.1. The lowest BCUT2D eigenvalue weighted by molar-refractivity contribution is 0.330. The Morgan fingerprint density at radius 1 is 1.23 bits per heavy atom. The van der Waals surface area contributed by atoms with Crippen molar-refractivity contribution in [1.82, 2.24) is 5.32 Å². The summed E-state index contributed by atoms with van der Waals surface area (Å²) in [6, 6.07) is 13.6. The van der Waals surface area contributed by atoms with E-state index in [1.165, 1.54) is 0 Å². The highest BCUT2D eigenvalue weighted by Gasteiger charge is 2.12. The quantitative estimate of drug-likeness (QED) is 0.511. The van der Waals surface area contributed by atoms with E-state index in [9.17, 15) is 0 Å². The SMILES string of the molecule is C#CCOc1ccc(C(C)CC(=S)NCc2ccc(Cl)cc2)cc1OC. The molecule has 3 nitrogen and oxygen atoms in total. The summed E-state index contributed by atoms with van der Waals surface area (Å²) < 4.78 is 10.9. The summed E-state index contributed by atoms with van der Waals surface area (Å²) in [7, 11) is 1.62. The molecule has 0 radical (unpaired) electrons. The molecule has 0 aliphatic heterocycles. The Morgan fingerprint density at radius 3 is 2.62 bits per heavy atom. The molecule has 2 aromatic rings. The normalized spacial score (nSPS) is 11.3. The van der Waals surface area contributed by atoms with Crippen LogP contribution in [0.3, 0.4) is 0 Å². The van der Waals surface area contributed by atoms with Gasteiger partial charge in [0.2, 0.25) is 0 Å². The van der Waals surface area contributed by atoms with E-state index in [1.54, 1.807) is 7.11 Å². The van der Waals surface area contributed by atoms with Gasteiger partial charge in [0.15, 0.2) is 11.5 Å². The Hall–Kier alpha value is -2.22. The van der Waals surface area contributed by atoms with Crippen LogP contribution in [0.1, 0.15) is 30.4 Å². The number of terminal acetylenes is 1. The summed E-state index contributed by atoms with van der Waals surface area (Å²) >= 11 is 11.4. The zero-order chi connectivity index (χ0) is 18.9. The molecule has 26 heavy (non-hydrogen) atoms. The van der Waals surface area contributed by atoms with Crippen LogP contribution in [0, 0.1) is 12.3 Å². The van der Waals surface area contributed by atoms with Crippen LogP contribution in [0.2, 0.25) is 5.02 Å². The monoisotopic (exact) mass is 387 g/mol.